The molecule has 0 bridgehead atoms. The Hall–Kier alpha value is -1.51. The van der Waals surface area contributed by atoms with Crippen LogP contribution in [-0.4, -0.2) is 19.6 Å². The molecule has 1 unspecified atom stereocenters. The Morgan fingerprint density at radius 2 is 2.06 bits per heavy atom. The number of ether oxygens (including phenoxy) is 1. The van der Waals surface area contributed by atoms with Gasteiger partial charge in [0, 0.05) is 12.1 Å². The van der Waals surface area contributed by atoms with Crippen molar-refractivity contribution in [3.05, 3.63) is 29.3 Å². The Morgan fingerprint density at radius 1 is 1.33 bits per heavy atom. The van der Waals surface area contributed by atoms with Crippen molar-refractivity contribution in [2.24, 2.45) is 0 Å². The predicted molar refractivity (Wildman–Crippen MR) is 72.1 cm³/mol. The minimum Gasteiger partial charge on any atom is -0.496 e. The van der Waals surface area contributed by atoms with Gasteiger partial charge in [0.2, 0.25) is 5.91 Å². The molecule has 1 fully saturated rings. The quantitative estimate of drug-likeness (QED) is 0.872. The fraction of sp³-hybridized carbons (Fsp3) is 0.533. The van der Waals surface area contributed by atoms with Crippen LogP contribution in [0.5, 0.6) is 5.75 Å². The van der Waals surface area contributed by atoms with E-state index in [4.69, 9.17) is 4.74 Å². The van der Waals surface area contributed by atoms with Gasteiger partial charge in [-0.1, -0.05) is 32.9 Å². The minimum atomic E-state index is -0.0674. The maximum atomic E-state index is 11.8. The van der Waals surface area contributed by atoms with E-state index in [2.05, 4.69) is 38.2 Å². The average Bonchev–Trinajstić information content (AvgIpc) is 2.73. The summed E-state index contributed by atoms with van der Waals surface area (Å²) in [6.07, 6.45) is 0.850. The van der Waals surface area contributed by atoms with E-state index >= 15 is 0 Å². The molecule has 1 aliphatic rings. The van der Waals surface area contributed by atoms with E-state index in [0.717, 1.165) is 24.3 Å². The fourth-order valence-corrected chi connectivity index (χ4v) is 2.36. The maximum absolute atomic E-state index is 11.8. The standard InChI is InChI=1S/C15H21NO2/c1-15(2,3)10-5-6-13(18-4)12(9-10)11-7-8-16-14(11)17/h5-6,9,11H,7-8H2,1-4H3,(H,16,17). The number of rotatable bonds is 2. The molecule has 3 nitrogen and oxygen atoms in total. The van der Waals surface area contributed by atoms with Crippen molar-refractivity contribution in [2.75, 3.05) is 13.7 Å². The van der Waals surface area contributed by atoms with Crippen molar-refractivity contribution in [2.45, 2.75) is 38.5 Å². The third-order valence-electron chi connectivity index (χ3n) is 3.52. The molecule has 0 spiro atoms. The number of hydrogen-bond donors (Lipinski definition) is 1. The summed E-state index contributed by atoms with van der Waals surface area (Å²) in [5.74, 6) is 0.853. The van der Waals surface area contributed by atoms with Crippen molar-refractivity contribution in [1.29, 1.82) is 0 Å². The summed E-state index contributed by atoms with van der Waals surface area (Å²) in [4.78, 5) is 11.8. The molecule has 1 atom stereocenters. The summed E-state index contributed by atoms with van der Waals surface area (Å²) in [6.45, 7) is 7.28. The predicted octanol–water partition coefficient (Wildman–Crippen LogP) is 2.60. The number of carbonyl (C=O) groups excluding carboxylic acids is 1. The highest BCUT2D eigenvalue weighted by atomic mass is 16.5. The van der Waals surface area contributed by atoms with Gasteiger partial charge in [-0.3, -0.25) is 4.79 Å². The van der Waals surface area contributed by atoms with Gasteiger partial charge in [-0.2, -0.15) is 0 Å². The van der Waals surface area contributed by atoms with Crippen LogP contribution in [-0.2, 0) is 10.2 Å². The normalized spacial score (nSPS) is 19.8. The Morgan fingerprint density at radius 3 is 2.56 bits per heavy atom. The molecule has 0 aliphatic carbocycles. The van der Waals surface area contributed by atoms with E-state index in [0.29, 0.717) is 0 Å². The van der Waals surface area contributed by atoms with Crippen molar-refractivity contribution >= 4 is 5.91 Å². The van der Waals surface area contributed by atoms with Crippen LogP contribution < -0.4 is 10.1 Å². The van der Waals surface area contributed by atoms with E-state index in [1.54, 1.807) is 7.11 Å². The van der Waals surface area contributed by atoms with E-state index in [1.807, 2.05) is 6.07 Å². The van der Waals surface area contributed by atoms with Crippen molar-refractivity contribution < 1.29 is 9.53 Å². The zero-order valence-electron chi connectivity index (χ0n) is 11.5. The summed E-state index contributed by atoms with van der Waals surface area (Å²) < 4.78 is 5.39. The number of nitrogens with one attached hydrogen (secondary N) is 1. The van der Waals surface area contributed by atoms with Crippen LogP contribution in [0, 0.1) is 0 Å². The van der Waals surface area contributed by atoms with Gasteiger partial charge in [-0.25, -0.2) is 0 Å². The minimum absolute atomic E-state index is 0.0674. The molecule has 1 aromatic carbocycles. The van der Waals surface area contributed by atoms with Gasteiger partial charge in [0.05, 0.1) is 13.0 Å². The van der Waals surface area contributed by atoms with Crippen LogP contribution in [0.2, 0.25) is 0 Å². The zero-order valence-corrected chi connectivity index (χ0v) is 11.5. The van der Waals surface area contributed by atoms with Crippen LogP contribution in [0.1, 0.15) is 44.2 Å². The second-order valence-corrected chi connectivity index (χ2v) is 5.84. The summed E-state index contributed by atoms with van der Waals surface area (Å²) in [5.41, 5.74) is 2.33. The van der Waals surface area contributed by atoms with Gasteiger partial charge in [0.25, 0.3) is 0 Å². The number of carbonyl (C=O) groups is 1. The largest absolute Gasteiger partial charge is 0.496 e. The summed E-state index contributed by atoms with van der Waals surface area (Å²) in [6, 6.07) is 6.17. The zero-order chi connectivity index (χ0) is 13.3. The van der Waals surface area contributed by atoms with Gasteiger partial charge in [-0.15, -0.1) is 0 Å². The molecule has 0 aromatic heterocycles. The lowest BCUT2D eigenvalue weighted by atomic mass is 9.84. The molecule has 0 radical (unpaired) electrons. The number of methoxy groups -OCH3 is 1. The van der Waals surface area contributed by atoms with Crippen molar-refractivity contribution in [3.63, 3.8) is 0 Å². The van der Waals surface area contributed by atoms with Crippen LogP contribution in [0.25, 0.3) is 0 Å². The Labute approximate surface area is 109 Å². The van der Waals surface area contributed by atoms with Gasteiger partial charge < -0.3 is 10.1 Å². The average molecular weight is 247 g/mol. The molecule has 2 rings (SSSR count). The first-order valence-corrected chi connectivity index (χ1v) is 6.39. The van der Waals surface area contributed by atoms with Crippen molar-refractivity contribution in [1.82, 2.24) is 5.32 Å². The van der Waals surface area contributed by atoms with Crippen LogP contribution in [0.15, 0.2) is 18.2 Å². The molecule has 98 valence electrons. The number of hydrogen-bond acceptors (Lipinski definition) is 2. The molecular weight excluding hydrogens is 226 g/mol. The Balaban J connectivity index is 2.46. The van der Waals surface area contributed by atoms with Crippen molar-refractivity contribution in [3.8, 4) is 5.75 Å². The smallest absolute Gasteiger partial charge is 0.227 e. The van der Waals surface area contributed by atoms with E-state index < -0.39 is 0 Å². The van der Waals surface area contributed by atoms with Crippen LogP contribution >= 0.6 is 0 Å². The Kier molecular flexibility index (Phi) is 3.33. The second kappa shape index (κ2) is 4.63. The molecule has 1 amide bonds. The molecule has 1 heterocycles. The Bertz CT molecular complexity index is 460. The van der Waals surface area contributed by atoms with E-state index in [1.165, 1.54) is 5.56 Å². The first-order valence-electron chi connectivity index (χ1n) is 6.39. The molecule has 1 aromatic rings. The lowest BCUT2D eigenvalue weighted by Gasteiger charge is -2.22. The van der Waals surface area contributed by atoms with Gasteiger partial charge >= 0.3 is 0 Å². The lowest BCUT2D eigenvalue weighted by Crippen LogP contribution is -2.19. The molecule has 1 N–H and O–H groups in total. The second-order valence-electron chi connectivity index (χ2n) is 5.84. The first kappa shape index (κ1) is 12.9. The first-order chi connectivity index (χ1) is 8.43. The number of benzene rings is 1. The highest BCUT2D eigenvalue weighted by Crippen LogP contribution is 2.35. The lowest BCUT2D eigenvalue weighted by molar-refractivity contribution is -0.120. The molecule has 1 aliphatic heterocycles. The highest BCUT2D eigenvalue weighted by molar-refractivity contribution is 5.86. The van der Waals surface area contributed by atoms with E-state index in [9.17, 15) is 4.79 Å². The molecular formula is C15H21NO2. The van der Waals surface area contributed by atoms with Crippen LogP contribution in [0.4, 0.5) is 0 Å². The summed E-state index contributed by atoms with van der Waals surface area (Å²) in [5, 5.41) is 2.88. The van der Waals surface area contributed by atoms with Gasteiger partial charge in [0.1, 0.15) is 5.75 Å². The third kappa shape index (κ3) is 2.35. The fourth-order valence-electron chi connectivity index (χ4n) is 2.36. The topological polar surface area (TPSA) is 38.3 Å². The van der Waals surface area contributed by atoms with E-state index in [-0.39, 0.29) is 17.2 Å². The highest BCUT2D eigenvalue weighted by Gasteiger charge is 2.29. The molecule has 3 heteroatoms. The molecule has 0 saturated carbocycles. The van der Waals surface area contributed by atoms with Gasteiger partial charge in [0.15, 0.2) is 0 Å². The SMILES string of the molecule is COc1ccc(C(C)(C)C)cc1C1CCNC1=O. The monoisotopic (exact) mass is 247 g/mol. The number of amides is 1. The third-order valence-corrected chi connectivity index (χ3v) is 3.52. The maximum Gasteiger partial charge on any atom is 0.227 e. The molecule has 1 saturated heterocycles. The van der Waals surface area contributed by atoms with Gasteiger partial charge in [-0.05, 0) is 23.5 Å². The summed E-state index contributed by atoms with van der Waals surface area (Å²) in [7, 11) is 1.66. The van der Waals surface area contributed by atoms with Crippen LogP contribution in [0.3, 0.4) is 0 Å². The molecule has 18 heavy (non-hydrogen) atoms. The summed E-state index contributed by atoms with van der Waals surface area (Å²) >= 11 is 0.